The number of sulfonamides is 1. The van der Waals surface area contributed by atoms with Gasteiger partial charge in [0.05, 0.1) is 22.4 Å². The number of hydrogen-bond donors (Lipinski definition) is 2. The number of rotatable bonds is 5. The molecule has 1 fully saturated rings. The van der Waals surface area contributed by atoms with E-state index in [-0.39, 0.29) is 10.8 Å². The minimum Gasteiger partial charge on any atom is -0.481 e. The number of anilines is 2. The molecular formula is C22H24N2O5S. The van der Waals surface area contributed by atoms with Crippen molar-refractivity contribution in [3.05, 3.63) is 54.1 Å². The summed E-state index contributed by atoms with van der Waals surface area (Å²) in [4.78, 5) is 24.2. The van der Waals surface area contributed by atoms with Crippen molar-refractivity contribution in [2.24, 2.45) is 11.8 Å². The Balaban J connectivity index is 1.49. The smallest absolute Gasteiger partial charge is 0.307 e. The van der Waals surface area contributed by atoms with Gasteiger partial charge in [-0.25, -0.2) is 8.42 Å². The molecule has 1 aliphatic carbocycles. The van der Waals surface area contributed by atoms with Crippen molar-refractivity contribution >= 4 is 33.3 Å². The maximum Gasteiger partial charge on any atom is 0.307 e. The van der Waals surface area contributed by atoms with Crippen molar-refractivity contribution in [3.8, 4) is 0 Å². The number of carboxylic acids is 1. The summed E-state index contributed by atoms with van der Waals surface area (Å²) in [6.07, 6.45) is 3.37. The number of amides is 1. The molecular weight excluding hydrogens is 404 g/mol. The Morgan fingerprint density at radius 1 is 0.967 bits per heavy atom. The van der Waals surface area contributed by atoms with E-state index in [2.05, 4.69) is 5.32 Å². The predicted molar refractivity (Wildman–Crippen MR) is 113 cm³/mol. The third-order valence-electron chi connectivity index (χ3n) is 5.97. The van der Waals surface area contributed by atoms with Crippen LogP contribution in [-0.2, 0) is 26.0 Å². The summed E-state index contributed by atoms with van der Waals surface area (Å²) in [5.41, 5.74) is 2.16. The van der Waals surface area contributed by atoms with E-state index in [9.17, 15) is 23.1 Å². The zero-order chi connectivity index (χ0) is 21.3. The van der Waals surface area contributed by atoms with Gasteiger partial charge in [0.2, 0.25) is 5.91 Å². The van der Waals surface area contributed by atoms with Crippen LogP contribution in [0, 0.1) is 11.8 Å². The van der Waals surface area contributed by atoms with Gasteiger partial charge >= 0.3 is 5.97 Å². The molecule has 0 spiro atoms. The second-order valence-electron chi connectivity index (χ2n) is 7.81. The summed E-state index contributed by atoms with van der Waals surface area (Å²) in [5.74, 6) is -2.51. The second kappa shape index (κ2) is 8.10. The van der Waals surface area contributed by atoms with Gasteiger partial charge in [-0.1, -0.05) is 31.0 Å². The van der Waals surface area contributed by atoms with E-state index >= 15 is 0 Å². The summed E-state index contributed by atoms with van der Waals surface area (Å²) >= 11 is 0. The Kier molecular flexibility index (Phi) is 5.51. The molecule has 1 heterocycles. The van der Waals surface area contributed by atoms with Gasteiger partial charge in [-0.05, 0) is 55.2 Å². The Morgan fingerprint density at radius 3 is 2.33 bits per heavy atom. The minimum atomic E-state index is -3.69. The Bertz CT molecular complexity index is 1070. The van der Waals surface area contributed by atoms with Crippen molar-refractivity contribution in [3.63, 3.8) is 0 Å². The van der Waals surface area contributed by atoms with E-state index < -0.39 is 27.8 Å². The average Bonchev–Trinajstić information content (AvgIpc) is 3.19. The SMILES string of the molecule is O=C(O)[C@H]1CCCC[C@H]1C(=O)Nc1ccc(S(=O)(=O)N2CCc3ccccc32)cc1. The molecule has 8 heteroatoms. The van der Waals surface area contributed by atoms with E-state index in [1.165, 1.54) is 16.4 Å². The minimum absolute atomic E-state index is 0.151. The topological polar surface area (TPSA) is 104 Å². The van der Waals surface area contributed by atoms with E-state index in [1.807, 2.05) is 18.2 Å². The van der Waals surface area contributed by atoms with Crippen LogP contribution in [0.25, 0.3) is 0 Å². The lowest BCUT2D eigenvalue weighted by atomic mass is 9.78. The highest BCUT2D eigenvalue weighted by Gasteiger charge is 2.36. The third kappa shape index (κ3) is 3.79. The average molecular weight is 429 g/mol. The van der Waals surface area contributed by atoms with Crippen molar-refractivity contribution < 1.29 is 23.1 Å². The van der Waals surface area contributed by atoms with Gasteiger partial charge in [0, 0.05) is 12.2 Å². The van der Waals surface area contributed by atoms with Crippen LogP contribution in [-0.4, -0.2) is 31.9 Å². The molecule has 2 aliphatic rings. The molecule has 0 radical (unpaired) electrons. The van der Waals surface area contributed by atoms with Crippen LogP contribution in [0.3, 0.4) is 0 Å². The molecule has 158 valence electrons. The Morgan fingerprint density at radius 2 is 1.63 bits per heavy atom. The lowest BCUT2D eigenvalue weighted by Gasteiger charge is -2.27. The Labute approximate surface area is 175 Å². The fourth-order valence-electron chi connectivity index (χ4n) is 4.37. The van der Waals surface area contributed by atoms with Crippen molar-refractivity contribution in [1.82, 2.24) is 0 Å². The van der Waals surface area contributed by atoms with Gasteiger partial charge in [0.1, 0.15) is 0 Å². The number of benzene rings is 2. The number of carbonyl (C=O) groups excluding carboxylic acids is 1. The number of para-hydroxylation sites is 1. The number of aliphatic carboxylic acids is 1. The van der Waals surface area contributed by atoms with Crippen molar-refractivity contribution in [2.75, 3.05) is 16.2 Å². The van der Waals surface area contributed by atoms with Crippen LogP contribution in [0.1, 0.15) is 31.2 Å². The second-order valence-corrected chi connectivity index (χ2v) is 9.67. The number of hydrogen-bond acceptors (Lipinski definition) is 4. The predicted octanol–water partition coefficient (Wildman–Crippen LogP) is 3.27. The van der Waals surface area contributed by atoms with Gasteiger partial charge in [-0.3, -0.25) is 13.9 Å². The first kappa shape index (κ1) is 20.4. The molecule has 0 bridgehead atoms. The fraction of sp³-hybridized carbons (Fsp3) is 0.364. The molecule has 2 N–H and O–H groups in total. The summed E-state index contributed by atoms with van der Waals surface area (Å²) in [6, 6.07) is 13.5. The maximum atomic E-state index is 13.1. The van der Waals surface area contributed by atoms with Crippen LogP contribution in [0.15, 0.2) is 53.4 Å². The number of nitrogens with one attached hydrogen (secondary N) is 1. The zero-order valence-corrected chi connectivity index (χ0v) is 17.3. The zero-order valence-electron chi connectivity index (χ0n) is 16.5. The summed E-state index contributed by atoms with van der Waals surface area (Å²) in [6.45, 7) is 0.401. The lowest BCUT2D eigenvalue weighted by molar-refractivity contribution is -0.147. The van der Waals surface area contributed by atoms with Gasteiger partial charge in [-0.2, -0.15) is 0 Å². The molecule has 1 aliphatic heterocycles. The van der Waals surface area contributed by atoms with E-state index in [1.54, 1.807) is 18.2 Å². The van der Waals surface area contributed by atoms with E-state index in [0.29, 0.717) is 37.2 Å². The van der Waals surface area contributed by atoms with Gasteiger partial charge in [0.15, 0.2) is 0 Å². The first-order valence-corrected chi connectivity index (χ1v) is 11.6. The molecule has 1 saturated carbocycles. The van der Waals surface area contributed by atoms with Gasteiger partial charge in [-0.15, -0.1) is 0 Å². The first-order valence-electron chi connectivity index (χ1n) is 10.1. The van der Waals surface area contributed by atoms with Crippen LogP contribution in [0.2, 0.25) is 0 Å². The molecule has 0 unspecified atom stereocenters. The molecule has 2 aromatic carbocycles. The summed E-state index contributed by atoms with van der Waals surface area (Å²) in [7, 11) is -3.69. The van der Waals surface area contributed by atoms with Gasteiger partial charge < -0.3 is 10.4 Å². The maximum absolute atomic E-state index is 13.1. The first-order chi connectivity index (χ1) is 14.4. The van der Waals surface area contributed by atoms with Crippen molar-refractivity contribution in [2.45, 2.75) is 37.0 Å². The number of nitrogens with zero attached hydrogens (tertiary/aromatic N) is 1. The van der Waals surface area contributed by atoms with E-state index in [4.69, 9.17) is 0 Å². The van der Waals surface area contributed by atoms with Crippen LogP contribution < -0.4 is 9.62 Å². The lowest BCUT2D eigenvalue weighted by Crippen LogP contribution is -2.36. The molecule has 30 heavy (non-hydrogen) atoms. The molecule has 7 nitrogen and oxygen atoms in total. The normalized spacial score (nSPS) is 21.1. The van der Waals surface area contributed by atoms with E-state index in [0.717, 1.165) is 18.4 Å². The highest BCUT2D eigenvalue weighted by atomic mass is 32.2. The van der Waals surface area contributed by atoms with Crippen LogP contribution in [0.5, 0.6) is 0 Å². The largest absolute Gasteiger partial charge is 0.481 e. The van der Waals surface area contributed by atoms with Crippen molar-refractivity contribution in [1.29, 1.82) is 0 Å². The number of fused-ring (bicyclic) bond motifs is 1. The number of carbonyl (C=O) groups is 2. The highest BCUT2D eigenvalue weighted by Crippen LogP contribution is 2.34. The molecule has 0 aromatic heterocycles. The molecule has 0 saturated heterocycles. The van der Waals surface area contributed by atoms with Crippen LogP contribution in [0.4, 0.5) is 11.4 Å². The standard InChI is InChI=1S/C22H24N2O5S/c25-21(18-6-2-3-7-19(18)22(26)27)23-16-9-11-17(12-10-16)30(28,29)24-14-13-15-5-1-4-8-20(15)24/h1,4-5,8-12,18-19H,2-3,6-7,13-14H2,(H,23,25)(H,26,27)/t18-,19+/m1/s1. The molecule has 1 amide bonds. The van der Waals surface area contributed by atoms with Gasteiger partial charge in [0.25, 0.3) is 10.0 Å². The summed E-state index contributed by atoms with van der Waals surface area (Å²) < 4.78 is 27.6. The molecule has 4 rings (SSSR count). The Hall–Kier alpha value is -2.87. The van der Waals surface area contributed by atoms with Crippen LogP contribution >= 0.6 is 0 Å². The molecule has 2 aromatic rings. The fourth-order valence-corrected chi connectivity index (χ4v) is 5.87. The quantitative estimate of drug-likeness (QED) is 0.761. The number of carboxylic acid groups (broad SMARTS) is 1. The summed E-state index contributed by atoms with van der Waals surface area (Å²) in [5, 5.41) is 12.1. The monoisotopic (exact) mass is 428 g/mol. The third-order valence-corrected chi connectivity index (χ3v) is 7.80. The molecule has 2 atom stereocenters. The highest BCUT2D eigenvalue weighted by molar-refractivity contribution is 7.92.